The molecule has 3 N–H and O–H groups in total. The molecule has 7 rings (SSSR count). The van der Waals surface area contributed by atoms with Crippen molar-refractivity contribution in [3.63, 3.8) is 0 Å². The van der Waals surface area contributed by atoms with E-state index in [1.165, 1.54) is 0 Å². The highest BCUT2D eigenvalue weighted by molar-refractivity contribution is 5.98. The molecule has 5 aromatic rings. The van der Waals surface area contributed by atoms with Gasteiger partial charge in [0.1, 0.15) is 0 Å². The third-order valence-corrected chi connectivity index (χ3v) is 13.8. The summed E-state index contributed by atoms with van der Waals surface area (Å²) < 4.78 is 0. The Morgan fingerprint density at radius 2 is 1.07 bits per heavy atom. The minimum Gasteiger partial charge on any atom is -0.369 e. The van der Waals surface area contributed by atoms with Crippen LogP contribution in [-0.4, -0.2) is 151 Å². The van der Waals surface area contributed by atoms with Gasteiger partial charge in [0, 0.05) is 118 Å². The van der Waals surface area contributed by atoms with Crippen LogP contribution >= 0.6 is 0 Å². The lowest BCUT2D eigenvalue weighted by Crippen LogP contribution is -2.44. The Bertz CT molecular complexity index is 2620. The Balaban J connectivity index is 0.000000386. The molecule has 0 unspecified atom stereocenters. The second kappa shape index (κ2) is 25.5. The average Bonchev–Trinajstić information content (AvgIpc) is 3.38. The van der Waals surface area contributed by atoms with Gasteiger partial charge >= 0.3 is 0 Å². The molecule has 0 spiro atoms. The zero-order valence-electron chi connectivity index (χ0n) is 43.8. The Morgan fingerprint density at radius 3 is 1.58 bits per heavy atom. The Kier molecular flexibility index (Phi) is 19.4. The molecule has 2 atom stereocenters. The van der Waals surface area contributed by atoms with Crippen molar-refractivity contribution in [2.45, 2.75) is 52.6 Å². The van der Waals surface area contributed by atoms with Crippen LogP contribution < -0.4 is 25.8 Å². The zero-order chi connectivity index (χ0) is 51.2. The molecule has 4 amide bonds. The Morgan fingerprint density at radius 1 is 0.592 bits per heavy atom. The lowest BCUT2D eigenvalue weighted by molar-refractivity contribution is -0.120. The molecular formula is C58H83N9O4. The van der Waals surface area contributed by atoms with Gasteiger partial charge < -0.3 is 45.3 Å². The van der Waals surface area contributed by atoms with E-state index in [0.29, 0.717) is 30.5 Å². The highest BCUT2D eigenvalue weighted by Gasteiger charge is 2.21. The van der Waals surface area contributed by atoms with E-state index in [4.69, 9.17) is 0 Å². The monoisotopic (exact) mass is 970 g/mol. The van der Waals surface area contributed by atoms with Crippen molar-refractivity contribution < 1.29 is 23.5 Å². The minimum absolute atomic E-state index is 0. The van der Waals surface area contributed by atoms with E-state index in [0.717, 1.165) is 115 Å². The van der Waals surface area contributed by atoms with Gasteiger partial charge in [0.2, 0.25) is 5.91 Å². The SMILES string of the molecule is CNC(=O)CCc1cccc([C@@H](C)NC(=O)c2cc(N3CCN(C)CC3)ccc2C)c1.Cc1ccc(N2CCN(C)CC2)cc1C(=O)N[C@H](C)c1cccc(-c2cccc(C(=O)N(C)CCN(C)C)c2)c1.[HH].[HH].[HH]. The van der Waals surface area contributed by atoms with Crippen LogP contribution in [0, 0.1) is 13.8 Å². The summed E-state index contributed by atoms with van der Waals surface area (Å²) in [7, 11) is 11.8. The third-order valence-electron chi connectivity index (χ3n) is 13.8. The summed E-state index contributed by atoms with van der Waals surface area (Å²) >= 11 is 0. The third kappa shape index (κ3) is 15.2. The molecule has 2 aliphatic rings. The summed E-state index contributed by atoms with van der Waals surface area (Å²) in [6.45, 7) is 17.4. The van der Waals surface area contributed by atoms with Crippen LogP contribution in [0.25, 0.3) is 11.1 Å². The number of nitrogens with zero attached hydrogens (tertiary/aromatic N) is 6. The summed E-state index contributed by atoms with van der Waals surface area (Å²) in [6.07, 6.45) is 1.14. The first kappa shape index (κ1) is 53.8. The van der Waals surface area contributed by atoms with Crippen LogP contribution in [-0.2, 0) is 11.2 Å². The first-order chi connectivity index (χ1) is 34.0. The Hall–Kier alpha value is -6.54. The van der Waals surface area contributed by atoms with E-state index in [1.807, 2.05) is 134 Å². The summed E-state index contributed by atoms with van der Waals surface area (Å²) in [6, 6.07) is 36.1. The number of piperazine rings is 2. The van der Waals surface area contributed by atoms with Crippen LogP contribution in [0.15, 0.2) is 109 Å². The van der Waals surface area contributed by atoms with Crippen molar-refractivity contribution in [1.29, 1.82) is 0 Å². The first-order valence-corrected chi connectivity index (χ1v) is 25.1. The molecule has 13 heteroatoms. The zero-order valence-corrected chi connectivity index (χ0v) is 43.8. The molecule has 2 fully saturated rings. The molecule has 2 aliphatic heterocycles. The quantitative estimate of drug-likeness (QED) is 0.0899. The van der Waals surface area contributed by atoms with Crippen LogP contribution in [0.5, 0.6) is 0 Å². The van der Waals surface area contributed by atoms with Gasteiger partial charge in [-0.1, -0.05) is 66.7 Å². The fourth-order valence-electron chi connectivity index (χ4n) is 8.84. The number of likely N-dealkylation sites (N-methyl/N-ethyl adjacent to an activating group) is 4. The molecule has 2 saturated heterocycles. The van der Waals surface area contributed by atoms with Gasteiger partial charge in [0.15, 0.2) is 0 Å². The van der Waals surface area contributed by atoms with E-state index in [1.54, 1.807) is 11.9 Å². The van der Waals surface area contributed by atoms with Crippen molar-refractivity contribution in [1.82, 2.24) is 35.6 Å². The second-order valence-corrected chi connectivity index (χ2v) is 19.6. The number of amides is 4. The predicted molar refractivity (Wildman–Crippen MR) is 296 cm³/mol. The van der Waals surface area contributed by atoms with Crippen molar-refractivity contribution in [3.8, 4) is 11.1 Å². The number of carbonyl (C=O) groups excluding carboxylic acids is 4. The van der Waals surface area contributed by atoms with Gasteiger partial charge in [-0.25, -0.2) is 0 Å². The van der Waals surface area contributed by atoms with E-state index in [-0.39, 0.29) is 40.0 Å². The molecule has 0 aromatic heterocycles. The highest BCUT2D eigenvalue weighted by Crippen LogP contribution is 2.27. The molecule has 0 aliphatic carbocycles. The molecule has 13 nitrogen and oxygen atoms in total. The number of hydrogen-bond acceptors (Lipinski definition) is 9. The van der Waals surface area contributed by atoms with Crippen LogP contribution in [0.4, 0.5) is 11.4 Å². The largest absolute Gasteiger partial charge is 0.369 e. The van der Waals surface area contributed by atoms with E-state index < -0.39 is 0 Å². The molecular weight excluding hydrogens is 887 g/mol. The van der Waals surface area contributed by atoms with E-state index >= 15 is 0 Å². The highest BCUT2D eigenvalue weighted by atomic mass is 16.2. The summed E-state index contributed by atoms with van der Waals surface area (Å²) in [5, 5.41) is 9.01. The minimum atomic E-state index is -0.180. The molecule has 0 bridgehead atoms. The molecule has 2 heterocycles. The first-order valence-electron chi connectivity index (χ1n) is 25.1. The van der Waals surface area contributed by atoms with Crippen LogP contribution in [0.1, 0.15) is 95.5 Å². The maximum atomic E-state index is 13.4. The number of hydrogen-bond donors (Lipinski definition) is 3. The number of nitrogens with one attached hydrogen (secondary N) is 3. The maximum Gasteiger partial charge on any atom is 0.253 e. The number of anilines is 2. The second-order valence-electron chi connectivity index (χ2n) is 19.6. The topological polar surface area (TPSA) is 124 Å². The number of aryl methyl sites for hydroxylation is 3. The van der Waals surface area contributed by atoms with Gasteiger partial charge in [0.25, 0.3) is 17.7 Å². The van der Waals surface area contributed by atoms with Gasteiger partial charge in [0.05, 0.1) is 12.1 Å². The normalized spacial score (nSPS) is 15.0. The molecule has 0 saturated carbocycles. The average molecular weight is 970 g/mol. The molecule has 0 radical (unpaired) electrons. The van der Waals surface area contributed by atoms with Crippen LogP contribution in [0.2, 0.25) is 0 Å². The summed E-state index contributed by atoms with van der Waals surface area (Å²) in [4.78, 5) is 64.2. The van der Waals surface area contributed by atoms with Gasteiger partial charge in [-0.15, -0.1) is 0 Å². The van der Waals surface area contributed by atoms with Crippen LogP contribution in [0.3, 0.4) is 0 Å². The van der Waals surface area contributed by atoms with Gasteiger partial charge in [-0.3, -0.25) is 19.2 Å². The van der Waals surface area contributed by atoms with Gasteiger partial charge in [-0.2, -0.15) is 0 Å². The molecule has 5 aromatic carbocycles. The Labute approximate surface area is 427 Å². The van der Waals surface area contributed by atoms with Crippen molar-refractivity contribution in [3.05, 3.63) is 154 Å². The lowest BCUT2D eigenvalue weighted by Gasteiger charge is -2.34. The predicted octanol–water partition coefficient (Wildman–Crippen LogP) is 8.19. The van der Waals surface area contributed by atoms with Crippen molar-refractivity contribution in [2.75, 3.05) is 118 Å². The van der Waals surface area contributed by atoms with E-state index in [2.05, 4.69) is 78.8 Å². The summed E-state index contributed by atoms with van der Waals surface area (Å²) in [5.74, 6) is -0.0893. The van der Waals surface area contributed by atoms with E-state index in [9.17, 15) is 19.2 Å². The summed E-state index contributed by atoms with van der Waals surface area (Å²) in [5.41, 5.74) is 11.4. The van der Waals surface area contributed by atoms with Gasteiger partial charge in [-0.05, 0) is 144 Å². The number of carbonyl (C=O) groups is 4. The lowest BCUT2D eigenvalue weighted by atomic mass is 9.98. The standard InChI is InChI=1S/C33H43N5O2.C25H34N4O2.3H2/c1-24-13-14-30(38-19-16-36(5)17-20-38)23-31(24)32(39)34-25(2)26-9-7-10-27(21-26)28-11-8-12-29(22-28)33(40)37(6)18-15-35(3)4;1-18-8-10-22(29-14-12-28(4)13-15-29)17-23(18)25(31)27-19(2)21-7-5-6-20(16-21)9-11-24(30)26-3;;;/h7-14,21-23,25H,15-20H2,1-6H3,(H,34,39);5-8,10,16-17,19H,9,11-15H2,1-4H3,(H,26,30)(H,27,31);3*1H/t25-;19-;;;/m11.../s1. The fourth-order valence-corrected chi connectivity index (χ4v) is 8.84. The van der Waals surface area contributed by atoms with Crippen molar-refractivity contribution in [2.24, 2.45) is 0 Å². The number of benzene rings is 5. The number of rotatable bonds is 16. The fraction of sp³-hybridized carbons (Fsp3) is 0.414. The van der Waals surface area contributed by atoms with Crippen molar-refractivity contribution >= 4 is 35.0 Å². The smallest absolute Gasteiger partial charge is 0.253 e. The molecule has 384 valence electrons. The maximum absolute atomic E-state index is 13.4. The molecule has 71 heavy (non-hydrogen) atoms.